The van der Waals surface area contributed by atoms with Gasteiger partial charge in [0, 0.05) is 31.2 Å². The third kappa shape index (κ3) is 2.58. The Labute approximate surface area is 101 Å². The van der Waals surface area contributed by atoms with Gasteiger partial charge in [0.1, 0.15) is 0 Å². The van der Waals surface area contributed by atoms with Crippen LogP contribution in [-0.2, 0) is 0 Å². The second-order valence-corrected chi connectivity index (χ2v) is 3.61. The zero-order valence-corrected chi connectivity index (χ0v) is 10.0. The third-order valence-electron chi connectivity index (χ3n) is 2.67. The van der Waals surface area contributed by atoms with E-state index >= 15 is 0 Å². The number of rotatable bonds is 2. The van der Waals surface area contributed by atoms with Gasteiger partial charge in [-0.05, 0) is 6.07 Å². The Kier molecular flexibility index (Phi) is 4.86. The number of phenols is 1. The summed E-state index contributed by atoms with van der Waals surface area (Å²) in [5.41, 5.74) is 0.890. The Morgan fingerprint density at radius 3 is 2.81 bits per heavy atom. The van der Waals surface area contributed by atoms with E-state index < -0.39 is 0 Å². The smallest absolute Gasteiger partial charge is 0.162 e. The van der Waals surface area contributed by atoms with Gasteiger partial charge in [0.15, 0.2) is 11.5 Å². The predicted molar refractivity (Wildman–Crippen MR) is 65.5 cm³/mol. The van der Waals surface area contributed by atoms with Crippen molar-refractivity contribution in [3.8, 4) is 11.5 Å². The van der Waals surface area contributed by atoms with Crippen LogP contribution in [0.15, 0.2) is 18.2 Å². The number of hydrogen-bond donors (Lipinski definition) is 3. The Morgan fingerprint density at radius 2 is 2.19 bits per heavy atom. The molecule has 0 amide bonds. The molecule has 1 fully saturated rings. The maximum Gasteiger partial charge on any atom is 0.162 e. The van der Waals surface area contributed by atoms with Gasteiger partial charge in [-0.25, -0.2) is 0 Å². The maximum absolute atomic E-state index is 9.95. The van der Waals surface area contributed by atoms with E-state index in [1.54, 1.807) is 13.2 Å². The van der Waals surface area contributed by atoms with Crippen LogP contribution in [0.4, 0.5) is 0 Å². The van der Waals surface area contributed by atoms with Crippen LogP contribution < -0.4 is 15.4 Å². The second kappa shape index (κ2) is 5.94. The molecule has 0 aromatic heterocycles. The summed E-state index contributed by atoms with van der Waals surface area (Å²) in [5.74, 6) is 0.765. The highest BCUT2D eigenvalue weighted by Gasteiger charge is 2.19. The molecule has 4 nitrogen and oxygen atoms in total. The molecule has 1 atom stereocenters. The number of aromatic hydroxyl groups is 1. The van der Waals surface area contributed by atoms with Crippen molar-refractivity contribution in [1.29, 1.82) is 0 Å². The zero-order valence-electron chi connectivity index (χ0n) is 9.19. The quantitative estimate of drug-likeness (QED) is 0.728. The summed E-state index contributed by atoms with van der Waals surface area (Å²) in [6, 6.07) is 5.73. The normalized spacial score (nSPS) is 19.9. The van der Waals surface area contributed by atoms with E-state index in [-0.39, 0.29) is 24.2 Å². The topological polar surface area (TPSA) is 53.5 Å². The number of methoxy groups -OCH3 is 1. The van der Waals surface area contributed by atoms with Crippen molar-refractivity contribution in [3.63, 3.8) is 0 Å². The Balaban J connectivity index is 0.00000128. The molecular formula is C11H17ClN2O2. The molecule has 1 aliphatic heterocycles. The van der Waals surface area contributed by atoms with Crippen molar-refractivity contribution >= 4 is 12.4 Å². The van der Waals surface area contributed by atoms with Crippen LogP contribution in [0.25, 0.3) is 0 Å². The minimum Gasteiger partial charge on any atom is -0.504 e. The fraction of sp³-hybridized carbons (Fsp3) is 0.455. The number of benzene rings is 1. The molecule has 1 heterocycles. The fourth-order valence-electron chi connectivity index (χ4n) is 1.86. The molecule has 90 valence electrons. The van der Waals surface area contributed by atoms with Gasteiger partial charge in [0.25, 0.3) is 0 Å². The molecule has 1 aromatic rings. The molecular weight excluding hydrogens is 228 g/mol. The average molecular weight is 245 g/mol. The van der Waals surface area contributed by atoms with E-state index in [1.165, 1.54) is 0 Å². The zero-order chi connectivity index (χ0) is 10.7. The molecule has 1 aliphatic rings. The predicted octanol–water partition coefficient (Wildman–Crippen LogP) is 1.06. The number of ether oxygens (including phenoxy) is 1. The minimum absolute atomic E-state index is 0. The lowest BCUT2D eigenvalue weighted by atomic mass is 10.0. The first kappa shape index (κ1) is 13.1. The Bertz CT molecular complexity index is 341. The summed E-state index contributed by atoms with van der Waals surface area (Å²) < 4.78 is 5.08. The molecule has 5 heteroatoms. The third-order valence-corrected chi connectivity index (χ3v) is 2.67. The molecule has 1 saturated heterocycles. The number of piperazine rings is 1. The minimum atomic E-state index is 0. The van der Waals surface area contributed by atoms with Crippen molar-refractivity contribution in [2.75, 3.05) is 26.7 Å². The van der Waals surface area contributed by atoms with Crippen molar-refractivity contribution < 1.29 is 9.84 Å². The second-order valence-electron chi connectivity index (χ2n) is 3.61. The summed E-state index contributed by atoms with van der Waals surface area (Å²) in [5, 5.41) is 16.6. The molecule has 16 heavy (non-hydrogen) atoms. The van der Waals surface area contributed by atoms with E-state index in [2.05, 4.69) is 10.6 Å². The van der Waals surface area contributed by atoms with Crippen molar-refractivity contribution in [2.45, 2.75) is 6.04 Å². The molecule has 0 saturated carbocycles. The van der Waals surface area contributed by atoms with Crippen molar-refractivity contribution in [2.24, 2.45) is 0 Å². The lowest BCUT2D eigenvalue weighted by Gasteiger charge is -2.25. The fourth-order valence-corrected chi connectivity index (χ4v) is 1.86. The molecule has 0 bridgehead atoms. The molecule has 2 rings (SSSR count). The average Bonchev–Trinajstić information content (AvgIpc) is 2.30. The SMILES string of the molecule is COc1cccc([C@H]2CNCCN2)c1O.Cl. The van der Waals surface area contributed by atoms with Gasteiger partial charge in [0.05, 0.1) is 7.11 Å². The maximum atomic E-state index is 9.95. The van der Waals surface area contributed by atoms with Crippen LogP contribution in [0, 0.1) is 0 Å². The van der Waals surface area contributed by atoms with Gasteiger partial charge in [-0.15, -0.1) is 12.4 Å². The van der Waals surface area contributed by atoms with E-state index in [9.17, 15) is 5.11 Å². The van der Waals surface area contributed by atoms with Gasteiger partial charge in [-0.1, -0.05) is 12.1 Å². The van der Waals surface area contributed by atoms with E-state index in [4.69, 9.17) is 4.74 Å². The largest absolute Gasteiger partial charge is 0.504 e. The van der Waals surface area contributed by atoms with Gasteiger partial charge in [0.2, 0.25) is 0 Å². The molecule has 0 spiro atoms. The van der Waals surface area contributed by atoms with Crippen LogP contribution >= 0.6 is 12.4 Å². The molecule has 1 aromatic carbocycles. The van der Waals surface area contributed by atoms with E-state index in [0.717, 1.165) is 25.2 Å². The standard InChI is InChI=1S/C11H16N2O2.ClH/c1-15-10-4-2-3-8(11(10)14)9-7-12-5-6-13-9;/h2-4,9,12-14H,5-7H2,1H3;1H/t9-;/m1./s1. The van der Waals surface area contributed by atoms with Crippen molar-refractivity contribution in [1.82, 2.24) is 10.6 Å². The number of para-hydroxylation sites is 1. The van der Waals surface area contributed by atoms with Crippen LogP contribution in [0.2, 0.25) is 0 Å². The first-order valence-electron chi connectivity index (χ1n) is 5.13. The molecule has 3 N–H and O–H groups in total. The first-order valence-corrected chi connectivity index (χ1v) is 5.13. The molecule has 0 aliphatic carbocycles. The van der Waals surface area contributed by atoms with E-state index in [0.29, 0.717) is 5.75 Å². The number of halogens is 1. The van der Waals surface area contributed by atoms with E-state index in [1.807, 2.05) is 12.1 Å². The monoisotopic (exact) mass is 244 g/mol. The highest BCUT2D eigenvalue weighted by atomic mass is 35.5. The number of hydrogen-bond acceptors (Lipinski definition) is 4. The van der Waals surface area contributed by atoms with Gasteiger partial charge in [-0.2, -0.15) is 0 Å². The van der Waals surface area contributed by atoms with Gasteiger partial charge >= 0.3 is 0 Å². The lowest BCUT2D eigenvalue weighted by molar-refractivity contribution is 0.358. The molecule has 0 radical (unpaired) electrons. The van der Waals surface area contributed by atoms with Crippen LogP contribution in [-0.4, -0.2) is 31.9 Å². The first-order chi connectivity index (χ1) is 7.33. The van der Waals surface area contributed by atoms with Crippen LogP contribution in [0.5, 0.6) is 11.5 Å². The Hall–Kier alpha value is -0.970. The lowest BCUT2D eigenvalue weighted by Crippen LogP contribution is -2.42. The highest BCUT2D eigenvalue weighted by Crippen LogP contribution is 2.33. The summed E-state index contributed by atoms with van der Waals surface area (Å²) in [4.78, 5) is 0. The Morgan fingerprint density at radius 1 is 1.38 bits per heavy atom. The summed E-state index contributed by atoms with van der Waals surface area (Å²) >= 11 is 0. The number of phenolic OH excluding ortho intramolecular Hbond substituents is 1. The highest BCUT2D eigenvalue weighted by molar-refractivity contribution is 5.85. The van der Waals surface area contributed by atoms with Gasteiger partial charge < -0.3 is 20.5 Å². The van der Waals surface area contributed by atoms with Crippen molar-refractivity contribution in [3.05, 3.63) is 23.8 Å². The van der Waals surface area contributed by atoms with Crippen LogP contribution in [0.3, 0.4) is 0 Å². The summed E-state index contributed by atoms with van der Waals surface area (Å²) in [7, 11) is 1.56. The number of nitrogens with one attached hydrogen (secondary N) is 2. The molecule has 0 unspecified atom stereocenters. The van der Waals surface area contributed by atoms with Crippen LogP contribution in [0.1, 0.15) is 11.6 Å². The summed E-state index contributed by atoms with van der Waals surface area (Å²) in [6.07, 6.45) is 0. The van der Waals surface area contributed by atoms with Gasteiger partial charge in [-0.3, -0.25) is 0 Å². The summed E-state index contributed by atoms with van der Waals surface area (Å²) in [6.45, 7) is 2.73.